The van der Waals surface area contributed by atoms with E-state index in [0.717, 1.165) is 79.5 Å². The Morgan fingerprint density at radius 1 is 0.698 bits per heavy atom. The topological polar surface area (TPSA) is 112 Å². The van der Waals surface area contributed by atoms with Gasteiger partial charge < -0.3 is 26.0 Å². The van der Waals surface area contributed by atoms with Crippen LogP contribution in [-0.4, -0.2) is 64.2 Å². The van der Waals surface area contributed by atoms with E-state index in [4.69, 9.17) is 27.9 Å². The Bertz CT molecular complexity index is 1660. The highest BCUT2D eigenvalue weighted by molar-refractivity contribution is 6.31. The monoisotopic (exact) mass is 615 g/mol. The lowest BCUT2D eigenvalue weighted by Crippen LogP contribution is -2.37. The molecule has 3 heterocycles. The molecule has 3 aromatic carbocycles. The molecule has 1 saturated heterocycles. The molecule has 4 N–H and O–H groups in total. The zero-order valence-corrected chi connectivity index (χ0v) is 24.9. The lowest BCUT2D eigenvalue weighted by atomic mass is 10.2. The minimum atomic E-state index is 0.415. The number of benzene rings is 3. The Labute approximate surface area is 259 Å². The molecule has 0 unspecified atom stereocenters. The Morgan fingerprint density at radius 2 is 1.30 bits per heavy atom. The van der Waals surface area contributed by atoms with Crippen LogP contribution in [0.3, 0.4) is 0 Å². The fraction of sp³-hybridized carbons (Fsp3) is 0.226. The standard InChI is InChI=1S/C31H31Cl2N9O/c32-21-2-5-24(6-3-21)37-30-39-29(35-13-1-15-42-16-18-43-19-17-42)40-31(41-30)38-25-9-7-23(8-10-25)36-27-12-14-34-28-20-22(33)4-11-26(27)28/h2-12,14,20H,1,13,15-19H2,(H,34,36)(H3,35,37,38,39,40,41). The van der Waals surface area contributed by atoms with Crippen LogP contribution in [0, 0.1) is 0 Å². The lowest BCUT2D eigenvalue weighted by molar-refractivity contribution is 0.0378. The minimum Gasteiger partial charge on any atom is -0.379 e. The first-order valence-electron chi connectivity index (χ1n) is 14.1. The van der Waals surface area contributed by atoms with E-state index >= 15 is 0 Å². The smallest absolute Gasteiger partial charge is 0.233 e. The summed E-state index contributed by atoms with van der Waals surface area (Å²) in [6.07, 6.45) is 2.73. The molecule has 0 atom stereocenters. The molecule has 43 heavy (non-hydrogen) atoms. The van der Waals surface area contributed by atoms with Gasteiger partial charge >= 0.3 is 0 Å². The van der Waals surface area contributed by atoms with E-state index in [1.165, 1.54) is 0 Å². The quantitative estimate of drug-likeness (QED) is 0.115. The average Bonchev–Trinajstić information content (AvgIpc) is 3.02. The molecule has 1 aliphatic rings. The number of nitrogens with zero attached hydrogens (tertiary/aromatic N) is 5. The number of hydrogen-bond donors (Lipinski definition) is 4. The summed E-state index contributed by atoms with van der Waals surface area (Å²) < 4.78 is 5.44. The molecule has 0 radical (unpaired) electrons. The number of rotatable bonds is 11. The maximum absolute atomic E-state index is 6.14. The van der Waals surface area contributed by atoms with E-state index < -0.39 is 0 Å². The van der Waals surface area contributed by atoms with Gasteiger partial charge in [-0.05, 0) is 85.8 Å². The third-order valence-electron chi connectivity index (χ3n) is 6.90. The predicted octanol–water partition coefficient (Wildman–Crippen LogP) is 7.09. The Morgan fingerprint density at radius 3 is 2.00 bits per heavy atom. The van der Waals surface area contributed by atoms with Gasteiger partial charge in [0.05, 0.1) is 18.7 Å². The number of anilines is 7. The van der Waals surface area contributed by atoms with Crippen LogP contribution in [0.15, 0.2) is 79.0 Å². The molecule has 5 aromatic rings. The van der Waals surface area contributed by atoms with Crippen LogP contribution in [0.4, 0.5) is 40.6 Å². The summed E-state index contributed by atoms with van der Waals surface area (Å²) in [6.45, 7) is 5.25. The number of pyridine rings is 1. The van der Waals surface area contributed by atoms with Crippen molar-refractivity contribution in [2.24, 2.45) is 0 Å². The van der Waals surface area contributed by atoms with Gasteiger partial charge in [-0.15, -0.1) is 0 Å². The van der Waals surface area contributed by atoms with Crippen molar-refractivity contribution in [2.75, 3.05) is 60.7 Å². The van der Waals surface area contributed by atoms with Crippen LogP contribution < -0.4 is 21.3 Å². The molecule has 0 amide bonds. The highest BCUT2D eigenvalue weighted by Gasteiger charge is 2.11. The number of morpholine rings is 1. The van der Waals surface area contributed by atoms with Gasteiger partial charge in [-0.1, -0.05) is 23.2 Å². The second kappa shape index (κ2) is 13.8. The zero-order valence-electron chi connectivity index (χ0n) is 23.4. The highest BCUT2D eigenvalue weighted by Crippen LogP contribution is 2.28. The fourth-order valence-electron chi connectivity index (χ4n) is 4.71. The molecular formula is C31H31Cl2N9O. The number of fused-ring (bicyclic) bond motifs is 1. The highest BCUT2D eigenvalue weighted by atomic mass is 35.5. The molecule has 12 heteroatoms. The van der Waals surface area contributed by atoms with Crippen molar-refractivity contribution in [1.82, 2.24) is 24.8 Å². The molecule has 0 aliphatic carbocycles. The van der Waals surface area contributed by atoms with Crippen LogP contribution in [0.1, 0.15) is 6.42 Å². The van der Waals surface area contributed by atoms with Gasteiger partial charge in [-0.2, -0.15) is 15.0 Å². The third kappa shape index (κ3) is 7.99. The van der Waals surface area contributed by atoms with E-state index in [2.05, 4.69) is 46.1 Å². The average molecular weight is 617 g/mol. The van der Waals surface area contributed by atoms with Crippen molar-refractivity contribution < 1.29 is 4.74 Å². The second-order valence-corrected chi connectivity index (χ2v) is 10.9. The Kier molecular flexibility index (Phi) is 9.29. The van der Waals surface area contributed by atoms with Gasteiger partial charge in [0.1, 0.15) is 0 Å². The van der Waals surface area contributed by atoms with E-state index in [9.17, 15) is 0 Å². The molecule has 1 fully saturated rings. The van der Waals surface area contributed by atoms with E-state index in [1.807, 2.05) is 72.8 Å². The summed E-state index contributed by atoms with van der Waals surface area (Å²) in [5.74, 6) is 1.32. The van der Waals surface area contributed by atoms with Crippen LogP contribution in [0.5, 0.6) is 0 Å². The zero-order chi connectivity index (χ0) is 29.4. The molecule has 0 bridgehead atoms. The van der Waals surface area contributed by atoms with Crippen molar-refractivity contribution >= 4 is 74.7 Å². The number of halogens is 2. The summed E-state index contributed by atoms with van der Waals surface area (Å²) >= 11 is 12.2. The molecule has 6 rings (SSSR count). The van der Waals surface area contributed by atoms with Gasteiger partial charge in [-0.3, -0.25) is 9.88 Å². The predicted molar refractivity (Wildman–Crippen MR) is 175 cm³/mol. The second-order valence-electron chi connectivity index (χ2n) is 10.0. The summed E-state index contributed by atoms with van der Waals surface area (Å²) in [5.41, 5.74) is 4.36. The Hall–Kier alpha value is -4.22. The summed E-state index contributed by atoms with van der Waals surface area (Å²) in [5, 5.41) is 15.7. The van der Waals surface area contributed by atoms with Gasteiger partial charge in [0.15, 0.2) is 0 Å². The third-order valence-corrected chi connectivity index (χ3v) is 7.39. The van der Waals surface area contributed by atoms with Crippen molar-refractivity contribution in [3.8, 4) is 0 Å². The first-order chi connectivity index (χ1) is 21.1. The van der Waals surface area contributed by atoms with E-state index in [0.29, 0.717) is 27.9 Å². The van der Waals surface area contributed by atoms with Crippen molar-refractivity contribution in [2.45, 2.75) is 6.42 Å². The van der Waals surface area contributed by atoms with Gasteiger partial charge in [0.25, 0.3) is 0 Å². The molecule has 10 nitrogen and oxygen atoms in total. The molecule has 220 valence electrons. The first-order valence-corrected chi connectivity index (χ1v) is 14.8. The lowest BCUT2D eigenvalue weighted by Gasteiger charge is -2.26. The van der Waals surface area contributed by atoms with Gasteiger partial charge in [-0.25, -0.2) is 0 Å². The van der Waals surface area contributed by atoms with Crippen molar-refractivity contribution in [3.63, 3.8) is 0 Å². The van der Waals surface area contributed by atoms with E-state index in [-0.39, 0.29) is 0 Å². The summed E-state index contributed by atoms with van der Waals surface area (Å²) in [7, 11) is 0. The van der Waals surface area contributed by atoms with Crippen LogP contribution in [-0.2, 0) is 4.74 Å². The molecule has 2 aromatic heterocycles. The molecular weight excluding hydrogens is 585 g/mol. The molecule has 1 aliphatic heterocycles. The molecule has 0 spiro atoms. The van der Waals surface area contributed by atoms with Crippen molar-refractivity contribution in [3.05, 3.63) is 89.0 Å². The largest absolute Gasteiger partial charge is 0.379 e. The van der Waals surface area contributed by atoms with Crippen LogP contribution in [0.2, 0.25) is 10.0 Å². The molecule has 0 saturated carbocycles. The summed E-state index contributed by atoms with van der Waals surface area (Å²) in [6, 6.07) is 22.9. The minimum absolute atomic E-state index is 0.415. The first kappa shape index (κ1) is 28.9. The normalized spacial score (nSPS) is 13.5. The van der Waals surface area contributed by atoms with Crippen LogP contribution in [0.25, 0.3) is 10.9 Å². The van der Waals surface area contributed by atoms with Gasteiger partial charge in [0.2, 0.25) is 17.8 Å². The SMILES string of the molecule is Clc1ccc(Nc2nc(NCCCN3CCOCC3)nc(Nc3ccc(Nc4ccnc5cc(Cl)ccc45)cc3)n2)cc1. The maximum atomic E-state index is 6.14. The maximum Gasteiger partial charge on any atom is 0.233 e. The van der Waals surface area contributed by atoms with E-state index in [1.54, 1.807) is 6.20 Å². The Balaban J connectivity index is 1.15. The fourth-order valence-corrected chi connectivity index (χ4v) is 5.00. The number of hydrogen-bond acceptors (Lipinski definition) is 10. The van der Waals surface area contributed by atoms with Gasteiger partial charge in [0, 0.05) is 64.0 Å². The van der Waals surface area contributed by atoms with Crippen molar-refractivity contribution in [1.29, 1.82) is 0 Å². The number of aromatic nitrogens is 4. The van der Waals surface area contributed by atoms with Crippen LogP contribution >= 0.6 is 23.2 Å². The number of nitrogens with one attached hydrogen (secondary N) is 4. The number of ether oxygens (including phenoxy) is 1. The summed E-state index contributed by atoms with van der Waals surface area (Å²) in [4.78, 5) is 20.7.